The molecule has 1 saturated carbocycles. The van der Waals surface area contributed by atoms with Gasteiger partial charge in [-0.05, 0) is 43.4 Å². The highest BCUT2D eigenvalue weighted by atomic mass is 14.4. The van der Waals surface area contributed by atoms with Crippen LogP contribution in [0.1, 0.15) is 77.6 Å². The molecular weight excluding hydrogens is 204 g/mol. The van der Waals surface area contributed by atoms with Gasteiger partial charge in [-0.2, -0.15) is 0 Å². The average Bonchev–Trinajstić information content (AvgIpc) is 2.39. The van der Waals surface area contributed by atoms with Crippen LogP contribution >= 0.6 is 0 Å². The van der Waals surface area contributed by atoms with Gasteiger partial charge in [0.1, 0.15) is 0 Å². The van der Waals surface area contributed by atoms with E-state index < -0.39 is 0 Å². The van der Waals surface area contributed by atoms with Crippen molar-refractivity contribution in [2.24, 2.45) is 17.8 Å². The minimum Gasteiger partial charge on any atom is -0.0851 e. The lowest BCUT2D eigenvalue weighted by Gasteiger charge is -2.38. The van der Waals surface area contributed by atoms with E-state index in [4.69, 9.17) is 0 Å². The third kappa shape index (κ3) is 4.16. The summed E-state index contributed by atoms with van der Waals surface area (Å²) in [5.74, 6) is 2.96. The first-order valence-electron chi connectivity index (χ1n) is 8.08. The highest BCUT2D eigenvalue weighted by molar-refractivity contribution is 5.05. The van der Waals surface area contributed by atoms with Crippen LogP contribution in [0.5, 0.6) is 0 Å². The Balaban J connectivity index is 1.50. The summed E-state index contributed by atoms with van der Waals surface area (Å²) in [6.45, 7) is 2.30. The average molecular weight is 234 g/mol. The van der Waals surface area contributed by atoms with Crippen molar-refractivity contribution in [2.75, 3.05) is 0 Å². The number of rotatable bonds is 8. The maximum Gasteiger partial charge on any atom is -0.0205 e. The Labute approximate surface area is 108 Å². The minimum absolute atomic E-state index is 0.953. The SMILES string of the molecule is CCCCCCCCCC1CC2C=CC1CC2. The molecule has 98 valence electrons. The van der Waals surface area contributed by atoms with Gasteiger partial charge in [0.05, 0.1) is 0 Å². The van der Waals surface area contributed by atoms with Gasteiger partial charge >= 0.3 is 0 Å². The molecule has 0 N–H and O–H groups in total. The van der Waals surface area contributed by atoms with Crippen LogP contribution in [0.4, 0.5) is 0 Å². The largest absolute Gasteiger partial charge is 0.0851 e. The summed E-state index contributed by atoms with van der Waals surface area (Å²) in [6.07, 6.45) is 21.2. The van der Waals surface area contributed by atoms with E-state index in [1.165, 1.54) is 70.6 Å². The summed E-state index contributed by atoms with van der Waals surface area (Å²) >= 11 is 0. The van der Waals surface area contributed by atoms with Gasteiger partial charge in [-0.25, -0.2) is 0 Å². The zero-order valence-corrected chi connectivity index (χ0v) is 11.7. The molecule has 0 aromatic heterocycles. The first-order chi connectivity index (χ1) is 8.40. The van der Waals surface area contributed by atoms with Crippen molar-refractivity contribution in [3.05, 3.63) is 12.2 Å². The van der Waals surface area contributed by atoms with E-state index in [0.717, 1.165) is 17.8 Å². The van der Waals surface area contributed by atoms with E-state index in [2.05, 4.69) is 19.1 Å². The number of hydrogen-bond acceptors (Lipinski definition) is 0. The lowest BCUT2D eigenvalue weighted by molar-refractivity contribution is 0.204. The molecule has 0 aromatic rings. The number of fused-ring (bicyclic) bond motifs is 2. The molecule has 2 bridgehead atoms. The van der Waals surface area contributed by atoms with Crippen LogP contribution in [0.15, 0.2) is 12.2 Å². The fraction of sp³-hybridized carbons (Fsp3) is 0.882. The first-order valence-corrected chi connectivity index (χ1v) is 8.08. The van der Waals surface area contributed by atoms with Gasteiger partial charge in [0.25, 0.3) is 0 Å². The molecule has 3 aliphatic carbocycles. The summed E-state index contributed by atoms with van der Waals surface area (Å²) in [4.78, 5) is 0. The molecule has 0 aromatic carbocycles. The van der Waals surface area contributed by atoms with Gasteiger partial charge in [-0.3, -0.25) is 0 Å². The van der Waals surface area contributed by atoms with Crippen molar-refractivity contribution in [3.63, 3.8) is 0 Å². The molecule has 0 saturated heterocycles. The zero-order chi connectivity index (χ0) is 11.9. The highest BCUT2D eigenvalue weighted by Gasteiger charge is 2.30. The van der Waals surface area contributed by atoms with E-state index in [9.17, 15) is 0 Å². The van der Waals surface area contributed by atoms with Gasteiger partial charge in [0.2, 0.25) is 0 Å². The molecule has 17 heavy (non-hydrogen) atoms. The van der Waals surface area contributed by atoms with Crippen LogP contribution in [0.25, 0.3) is 0 Å². The second-order valence-electron chi connectivity index (χ2n) is 6.29. The molecular formula is C17H30. The van der Waals surface area contributed by atoms with Gasteiger partial charge < -0.3 is 0 Å². The predicted octanol–water partition coefficient (Wildman–Crippen LogP) is 5.73. The number of allylic oxidation sites excluding steroid dienone is 2. The van der Waals surface area contributed by atoms with E-state index in [1.54, 1.807) is 0 Å². The van der Waals surface area contributed by atoms with Crippen LogP contribution in [-0.4, -0.2) is 0 Å². The van der Waals surface area contributed by atoms with Crippen molar-refractivity contribution in [2.45, 2.75) is 77.6 Å². The fourth-order valence-corrected chi connectivity index (χ4v) is 3.75. The Kier molecular flexibility index (Phi) is 5.61. The predicted molar refractivity (Wildman–Crippen MR) is 76.1 cm³/mol. The number of hydrogen-bond donors (Lipinski definition) is 0. The lowest BCUT2D eigenvalue weighted by atomic mass is 9.67. The summed E-state index contributed by atoms with van der Waals surface area (Å²) in [6, 6.07) is 0. The van der Waals surface area contributed by atoms with Gasteiger partial charge in [-0.1, -0.05) is 64.0 Å². The maximum absolute atomic E-state index is 2.53. The summed E-state index contributed by atoms with van der Waals surface area (Å²) in [7, 11) is 0. The van der Waals surface area contributed by atoms with Crippen molar-refractivity contribution >= 4 is 0 Å². The Morgan fingerprint density at radius 2 is 1.65 bits per heavy atom. The third-order valence-corrected chi connectivity index (χ3v) is 4.89. The van der Waals surface area contributed by atoms with Crippen molar-refractivity contribution in [3.8, 4) is 0 Å². The fourth-order valence-electron chi connectivity index (χ4n) is 3.75. The normalized spacial score (nSPS) is 31.0. The topological polar surface area (TPSA) is 0 Å². The van der Waals surface area contributed by atoms with E-state index in [-0.39, 0.29) is 0 Å². The summed E-state index contributed by atoms with van der Waals surface area (Å²) < 4.78 is 0. The molecule has 0 spiro atoms. The quantitative estimate of drug-likeness (QED) is 0.371. The molecule has 3 unspecified atom stereocenters. The van der Waals surface area contributed by atoms with E-state index in [0.29, 0.717) is 0 Å². The highest BCUT2D eigenvalue weighted by Crippen LogP contribution is 2.42. The van der Waals surface area contributed by atoms with Crippen molar-refractivity contribution in [1.29, 1.82) is 0 Å². The van der Waals surface area contributed by atoms with Crippen LogP contribution in [0.2, 0.25) is 0 Å². The third-order valence-electron chi connectivity index (χ3n) is 4.89. The number of unbranched alkanes of at least 4 members (excludes halogenated alkanes) is 6. The second-order valence-corrected chi connectivity index (χ2v) is 6.29. The molecule has 0 amide bonds. The van der Waals surface area contributed by atoms with Gasteiger partial charge in [-0.15, -0.1) is 0 Å². The molecule has 3 aliphatic rings. The van der Waals surface area contributed by atoms with Crippen molar-refractivity contribution < 1.29 is 0 Å². The molecule has 0 aliphatic heterocycles. The Morgan fingerprint density at radius 1 is 0.882 bits per heavy atom. The molecule has 0 heterocycles. The van der Waals surface area contributed by atoms with Crippen LogP contribution in [-0.2, 0) is 0 Å². The van der Waals surface area contributed by atoms with Gasteiger partial charge in [0.15, 0.2) is 0 Å². The Hall–Kier alpha value is -0.260. The zero-order valence-electron chi connectivity index (χ0n) is 11.7. The standard InChI is InChI=1S/C17H30/c1-2-3-4-5-6-7-8-9-17-14-15-10-12-16(17)13-11-15/h10,12,15-17H,2-9,11,13-14H2,1H3. The van der Waals surface area contributed by atoms with Crippen LogP contribution in [0.3, 0.4) is 0 Å². The smallest absolute Gasteiger partial charge is 0.0205 e. The molecule has 0 radical (unpaired) electrons. The molecule has 1 fully saturated rings. The second kappa shape index (κ2) is 7.24. The van der Waals surface area contributed by atoms with Crippen LogP contribution < -0.4 is 0 Å². The monoisotopic (exact) mass is 234 g/mol. The van der Waals surface area contributed by atoms with E-state index in [1.807, 2.05) is 0 Å². The maximum atomic E-state index is 2.53. The van der Waals surface area contributed by atoms with E-state index >= 15 is 0 Å². The van der Waals surface area contributed by atoms with Crippen molar-refractivity contribution in [1.82, 2.24) is 0 Å². The summed E-state index contributed by atoms with van der Waals surface area (Å²) in [5, 5.41) is 0. The Morgan fingerprint density at radius 3 is 2.24 bits per heavy atom. The molecule has 0 heteroatoms. The Bertz CT molecular complexity index is 228. The minimum atomic E-state index is 0.953. The molecule has 0 nitrogen and oxygen atoms in total. The summed E-state index contributed by atoms with van der Waals surface area (Å²) in [5.41, 5.74) is 0. The lowest BCUT2D eigenvalue weighted by Crippen LogP contribution is -2.27. The first kappa shape index (κ1) is 13.2. The van der Waals surface area contributed by atoms with Crippen LogP contribution in [0, 0.1) is 17.8 Å². The molecule has 3 atom stereocenters. The molecule has 3 rings (SSSR count). The van der Waals surface area contributed by atoms with Gasteiger partial charge in [0, 0.05) is 0 Å².